The van der Waals surface area contributed by atoms with Crippen molar-refractivity contribution in [3.8, 4) is 0 Å². The lowest BCUT2D eigenvalue weighted by atomic mass is 9.92. The van der Waals surface area contributed by atoms with Crippen molar-refractivity contribution in [1.29, 1.82) is 0 Å². The van der Waals surface area contributed by atoms with Crippen LogP contribution in [0.2, 0.25) is 5.02 Å². The van der Waals surface area contributed by atoms with Crippen molar-refractivity contribution in [3.05, 3.63) is 33.0 Å². The van der Waals surface area contributed by atoms with E-state index in [1.165, 1.54) is 0 Å². The Labute approximate surface area is 114 Å². The maximum absolute atomic E-state index is 14.0. The number of nitrogens with two attached hydrogens (primary N) is 1. The summed E-state index contributed by atoms with van der Waals surface area (Å²) >= 11 is 9.00. The average molecular weight is 325 g/mol. The van der Waals surface area contributed by atoms with Gasteiger partial charge in [-0.3, -0.25) is 0 Å². The SMILES string of the molecule is CCOC(C)(C)C(N)c1ccc(Br)c(Cl)c1F. The summed E-state index contributed by atoms with van der Waals surface area (Å²) in [7, 11) is 0. The zero-order chi connectivity index (χ0) is 13.2. The highest BCUT2D eigenvalue weighted by atomic mass is 79.9. The van der Waals surface area contributed by atoms with E-state index >= 15 is 0 Å². The maximum Gasteiger partial charge on any atom is 0.147 e. The van der Waals surface area contributed by atoms with Gasteiger partial charge in [0.1, 0.15) is 5.82 Å². The zero-order valence-electron chi connectivity index (χ0n) is 10.1. The van der Waals surface area contributed by atoms with Crippen molar-refractivity contribution >= 4 is 27.5 Å². The number of ether oxygens (including phenoxy) is 1. The molecule has 0 bridgehead atoms. The number of hydrogen-bond acceptors (Lipinski definition) is 2. The minimum absolute atomic E-state index is 0.0465. The Balaban J connectivity index is 3.13. The van der Waals surface area contributed by atoms with Gasteiger partial charge in [0.25, 0.3) is 0 Å². The maximum atomic E-state index is 14.0. The monoisotopic (exact) mass is 323 g/mol. The summed E-state index contributed by atoms with van der Waals surface area (Å²) in [5.41, 5.74) is 5.75. The molecule has 0 aliphatic heterocycles. The second-order valence-corrected chi connectivity index (χ2v) is 5.51. The third-order valence-electron chi connectivity index (χ3n) is 2.67. The molecule has 1 aromatic carbocycles. The van der Waals surface area contributed by atoms with Crippen molar-refractivity contribution in [2.24, 2.45) is 5.73 Å². The summed E-state index contributed by atoms with van der Waals surface area (Å²) in [6.07, 6.45) is 0. The van der Waals surface area contributed by atoms with Gasteiger partial charge in [-0.1, -0.05) is 17.7 Å². The van der Waals surface area contributed by atoms with Gasteiger partial charge >= 0.3 is 0 Å². The molecule has 1 atom stereocenters. The molecule has 0 heterocycles. The molecule has 0 aromatic heterocycles. The molecule has 96 valence electrons. The molecule has 0 spiro atoms. The predicted molar refractivity (Wildman–Crippen MR) is 71.7 cm³/mol. The minimum Gasteiger partial charge on any atom is -0.374 e. The zero-order valence-corrected chi connectivity index (χ0v) is 12.4. The highest BCUT2D eigenvalue weighted by Gasteiger charge is 2.31. The van der Waals surface area contributed by atoms with Gasteiger partial charge in [-0.05, 0) is 42.8 Å². The van der Waals surface area contributed by atoms with Gasteiger partial charge in [0.05, 0.1) is 16.7 Å². The molecule has 1 rings (SSSR count). The average Bonchev–Trinajstić information content (AvgIpc) is 2.25. The summed E-state index contributed by atoms with van der Waals surface area (Å²) in [6, 6.07) is 2.73. The van der Waals surface area contributed by atoms with E-state index in [1.54, 1.807) is 12.1 Å². The Hall–Kier alpha value is -0.160. The molecule has 0 fully saturated rings. The van der Waals surface area contributed by atoms with Gasteiger partial charge in [0.2, 0.25) is 0 Å². The van der Waals surface area contributed by atoms with Gasteiger partial charge < -0.3 is 10.5 Å². The predicted octanol–water partition coefficient (Wildman–Crippen LogP) is 4.06. The van der Waals surface area contributed by atoms with Crippen molar-refractivity contribution < 1.29 is 9.13 Å². The van der Waals surface area contributed by atoms with Gasteiger partial charge in [-0.2, -0.15) is 0 Å². The summed E-state index contributed by atoms with van der Waals surface area (Å²) in [6.45, 7) is 6.05. The Bertz CT molecular complexity index is 412. The first-order valence-electron chi connectivity index (χ1n) is 5.34. The van der Waals surface area contributed by atoms with Crippen LogP contribution in [0.25, 0.3) is 0 Å². The second-order valence-electron chi connectivity index (χ2n) is 4.28. The molecule has 5 heteroatoms. The van der Waals surface area contributed by atoms with Crippen molar-refractivity contribution in [3.63, 3.8) is 0 Å². The molecule has 0 aliphatic rings. The van der Waals surface area contributed by atoms with E-state index < -0.39 is 17.5 Å². The fourth-order valence-electron chi connectivity index (χ4n) is 1.62. The van der Waals surface area contributed by atoms with E-state index in [0.717, 1.165) is 0 Å². The Kier molecular flexibility index (Phi) is 4.95. The van der Waals surface area contributed by atoms with Crippen molar-refractivity contribution in [2.75, 3.05) is 6.61 Å². The minimum atomic E-state index is -0.646. The molecule has 0 saturated carbocycles. The molecule has 2 N–H and O–H groups in total. The lowest BCUT2D eigenvalue weighted by molar-refractivity contribution is -0.0305. The van der Waals surface area contributed by atoms with Crippen LogP contribution in [-0.4, -0.2) is 12.2 Å². The van der Waals surface area contributed by atoms with Crippen LogP contribution in [0.1, 0.15) is 32.4 Å². The summed E-state index contributed by atoms with van der Waals surface area (Å²) < 4.78 is 20.0. The Morgan fingerprint density at radius 2 is 2.12 bits per heavy atom. The van der Waals surface area contributed by atoms with Gasteiger partial charge in [-0.25, -0.2) is 4.39 Å². The van der Waals surface area contributed by atoms with E-state index in [2.05, 4.69) is 15.9 Å². The topological polar surface area (TPSA) is 35.2 Å². The van der Waals surface area contributed by atoms with E-state index in [1.807, 2.05) is 20.8 Å². The molecule has 0 aliphatic carbocycles. The molecule has 0 amide bonds. The highest BCUT2D eigenvalue weighted by molar-refractivity contribution is 9.10. The fraction of sp³-hybridized carbons (Fsp3) is 0.500. The molecule has 2 nitrogen and oxygen atoms in total. The van der Waals surface area contributed by atoms with Crippen molar-refractivity contribution in [1.82, 2.24) is 0 Å². The molecule has 1 aromatic rings. The highest BCUT2D eigenvalue weighted by Crippen LogP contribution is 2.34. The largest absolute Gasteiger partial charge is 0.374 e. The standard InChI is InChI=1S/C12H16BrClFNO/c1-4-17-12(2,3)11(16)7-5-6-8(13)9(14)10(7)15/h5-6,11H,4,16H2,1-3H3. The molecule has 0 saturated heterocycles. The molecular weight excluding hydrogens is 308 g/mol. The molecule has 0 radical (unpaired) electrons. The number of benzene rings is 1. The Morgan fingerprint density at radius 1 is 1.53 bits per heavy atom. The number of hydrogen-bond donors (Lipinski definition) is 1. The van der Waals surface area contributed by atoms with Crippen LogP contribution in [0.5, 0.6) is 0 Å². The lowest BCUT2D eigenvalue weighted by Gasteiger charge is -2.32. The van der Waals surface area contributed by atoms with Crippen LogP contribution in [-0.2, 0) is 4.74 Å². The van der Waals surface area contributed by atoms with Crippen LogP contribution in [0.3, 0.4) is 0 Å². The molecular formula is C12H16BrClFNO. The lowest BCUT2D eigenvalue weighted by Crippen LogP contribution is -2.38. The molecule has 1 unspecified atom stereocenters. The van der Waals surface area contributed by atoms with Crippen LogP contribution < -0.4 is 5.73 Å². The van der Waals surface area contributed by atoms with Gasteiger partial charge in [-0.15, -0.1) is 0 Å². The van der Waals surface area contributed by atoms with Gasteiger partial charge in [0, 0.05) is 16.6 Å². The third-order valence-corrected chi connectivity index (χ3v) is 3.92. The van der Waals surface area contributed by atoms with Crippen molar-refractivity contribution in [2.45, 2.75) is 32.4 Å². The molecule has 17 heavy (non-hydrogen) atoms. The first-order valence-corrected chi connectivity index (χ1v) is 6.51. The van der Waals surface area contributed by atoms with Crippen LogP contribution in [0.15, 0.2) is 16.6 Å². The summed E-state index contributed by atoms with van der Waals surface area (Å²) in [4.78, 5) is 0. The van der Waals surface area contributed by atoms with Gasteiger partial charge in [0.15, 0.2) is 0 Å². The second kappa shape index (κ2) is 5.65. The van der Waals surface area contributed by atoms with E-state index in [9.17, 15) is 4.39 Å². The van der Waals surface area contributed by atoms with Crippen LogP contribution in [0.4, 0.5) is 4.39 Å². The number of rotatable bonds is 4. The normalized spacial score (nSPS) is 13.8. The summed E-state index contributed by atoms with van der Waals surface area (Å²) in [5.74, 6) is -0.499. The van der Waals surface area contributed by atoms with E-state index in [4.69, 9.17) is 22.1 Å². The van der Waals surface area contributed by atoms with Crippen LogP contribution >= 0.6 is 27.5 Å². The Morgan fingerprint density at radius 3 is 2.65 bits per heavy atom. The van der Waals surface area contributed by atoms with E-state index in [-0.39, 0.29) is 5.02 Å². The number of halogens is 3. The van der Waals surface area contributed by atoms with Crippen LogP contribution in [0, 0.1) is 5.82 Å². The third kappa shape index (κ3) is 3.19. The smallest absolute Gasteiger partial charge is 0.147 e. The first-order chi connectivity index (χ1) is 7.81. The summed E-state index contributed by atoms with van der Waals surface area (Å²) in [5, 5.41) is 0.0465. The van der Waals surface area contributed by atoms with E-state index in [0.29, 0.717) is 16.6 Å². The quantitative estimate of drug-likeness (QED) is 0.848. The fourth-order valence-corrected chi connectivity index (χ4v) is 2.10. The first kappa shape index (κ1) is 14.9.